The van der Waals surface area contributed by atoms with Crippen molar-refractivity contribution in [2.75, 3.05) is 36.4 Å². The molecular weight excluding hydrogens is 485 g/mol. The van der Waals surface area contributed by atoms with Crippen molar-refractivity contribution in [2.45, 2.75) is 33.3 Å². The van der Waals surface area contributed by atoms with Crippen LogP contribution in [0.5, 0.6) is 5.75 Å². The second-order valence-corrected chi connectivity index (χ2v) is 9.71. The fraction of sp³-hybridized carbons (Fsp3) is 0.417. The molecule has 1 fully saturated rings. The molecule has 1 unspecified atom stereocenters. The number of nitrogens with one attached hydrogen (secondary N) is 1. The van der Waals surface area contributed by atoms with Gasteiger partial charge in [0.1, 0.15) is 5.75 Å². The van der Waals surface area contributed by atoms with E-state index in [2.05, 4.69) is 10.2 Å². The number of ether oxygens (including phenoxy) is 1. The topological polar surface area (TPSA) is 61.9 Å². The first kappa shape index (κ1) is 25.5. The minimum atomic E-state index is -0.779. The van der Waals surface area contributed by atoms with E-state index in [0.29, 0.717) is 65.0 Å². The smallest absolute Gasteiger partial charge is 0.265 e. The van der Waals surface area contributed by atoms with Gasteiger partial charge in [-0.15, -0.1) is 0 Å². The van der Waals surface area contributed by atoms with Crippen LogP contribution in [0.25, 0.3) is 0 Å². The Bertz CT molecular complexity index is 1010. The van der Waals surface area contributed by atoms with Crippen LogP contribution in [0.4, 0.5) is 11.4 Å². The second-order valence-electron chi connectivity index (χ2n) is 8.46. The van der Waals surface area contributed by atoms with Gasteiger partial charge in [0.25, 0.3) is 5.91 Å². The van der Waals surface area contributed by atoms with E-state index in [-0.39, 0.29) is 11.8 Å². The van der Waals surface area contributed by atoms with E-state index in [9.17, 15) is 9.59 Å². The first-order chi connectivity index (χ1) is 15.6. The Morgan fingerprint density at radius 1 is 0.970 bits per heavy atom. The predicted octanol–water partition coefficient (Wildman–Crippen LogP) is 5.75. The Labute approximate surface area is 209 Å². The third-order valence-electron chi connectivity index (χ3n) is 5.34. The van der Waals surface area contributed by atoms with Gasteiger partial charge in [0, 0.05) is 43.3 Å². The molecule has 6 nitrogen and oxygen atoms in total. The summed E-state index contributed by atoms with van der Waals surface area (Å²) in [5.74, 6) is 0.597. The molecule has 1 atom stereocenters. The lowest BCUT2D eigenvalue weighted by molar-refractivity contribution is -0.132. The summed E-state index contributed by atoms with van der Waals surface area (Å²) in [5, 5.41) is 4.17. The number of piperazine rings is 1. The van der Waals surface area contributed by atoms with E-state index in [0.717, 1.165) is 5.69 Å². The molecule has 0 radical (unpaired) electrons. The standard InChI is InChI=1S/C24H28Cl3N3O3/c1-15(2)12-23(31)30-10-8-29(9-11-30)21-6-5-18(14-19(21)26)28-24(32)16(3)33-22-7-4-17(25)13-20(22)27/h4-7,13-16H,8-12H2,1-3H3,(H,28,32). The van der Waals surface area contributed by atoms with E-state index in [1.165, 1.54) is 0 Å². The molecule has 1 saturated heterocycles. The van der Waals surface area contributed by atoms with E-state index in [1.54, 1.807) is 37.3 Å². The van der Waals surface area contributed by atoms with Gasteiger partial charge in [0.05, 0.1) is 15.7 Å². The number of rotatable bonds is 7. The lowest BCUT2D eigenvalue weighted by Gasteiger charge is -2.37. The van der Waals surface area contributed by atoms with Crippen LogP contribution in [0.1, 0.15) is 27.2 Å². The van der Waals surface area contributed by atoms with Crippen molar-refractivity contribution in [1.29, 1.82) is 0 Å². The molecule has 0 saturated carbocycles. The van der Waals surface area contributed by atoms with Crippen LogP contribution in [-0.2, 0) is 9.59 Å². The van der Waals surface area contributed by atoms with Crippen molar-refractivity contribution in [3.8, 4) is 5.75 Å². The highest BCUT2D eigenvalue weighted by molar-refractivity contribution is 6.35. The van der Waals surface area contributed by atoms with Crippen LogP contribution in [0.3, 0.4) is 0 Å². The molecule has 2 aromatic carbocycles. The maximum absolute atomic E-state index is 12.6. The molecule has 3 rings (SSSR count). The van der Waals surface area contributed by atoms with Crippen molar-refractivity contribution in [3.05, 3.63) is 51.5 Å². The molecule has 1 aliphatic rings. The van der Waals surface area contributed by atoms with Gasteiger partial charge in [-0.25, -0.2) is 0 Å². The normalized spacial score (nSPS) is 14.9. The minimum absolute atomic E-state index is 0.199. The summed E-state index contributed by atoms with van der Waals surface area (Å²) in [4.78, 5) is 28.9. The second kappa shape index (κ2) is 11.3. The monoisotopic (exact) mass is 511 g/mol. The number of anilines is 2. The molecule has 1 N–H and O–H groups in total. The number of amides is 2. The van der Waals surface area contributed by atoms with Crippen LogP contribution < -0.4 is 15.0 Å². The zero-order valence-corrected chi connectivity index (χ0v) is 21.2. The zero-order chi connectivity index (χ0) is 24.1. The summed E-state index contributed by atoms with van der Waals surface area (Å²) in [6.45, 7) is 8.49. The highest BCUT2D eigenvalue weighted by Gasteiger charge is 2.23. The quantitative estimate of drug-likeness (QED) is 0.513. The predicted molar refractivity (Wildman–Crippen MR) is 135 cm³/mol. The van der Waals surface area contributed by atoms with Gasteiger partial charge >= 0.3 is 0 Å². The molecule has 9 heteroatoms. The summed E-state index contributed by atoms with van der Waals surface area (Å²) in [6.07, 6.45) is -0.208. The van der Waals surface area contributed by atoms with Crippen LogP contribution in [0.15, 0.2) is 36.4 Å². The Balaban J connectivity index is 1.57. The van der Waals surface area contributed by atoms with Gasteiger partial charge in [-0.05, 0) is 49.2 Å². The maximum atomic E-state index is 12.6. The fourth-order valence-corrected chi connectivity index (χ4v) is 4.33. The summed E-state index contributed by atoms with van der Waals surface area (Å²) in [7, 11) is 0. The number of carbonyl (C=O) groups is 2. The Morgan fingerprint density at radius 2 is 1.67 bits per heavy atom. The van der Waals surface area contributed by atoms with Crippen LogP contribution in [-0.4, -0.2) is 49.0 Å². The third-order valence-corrected chi connectivity index (χ3v) is 6.17. The first-order valence-corrected chi connectivity index (χ1v) is 12.0. The number of benzene rings is 2. The molecule has 0 spiro atoms. The summed E-state index contributed by atoms with van der Waals surface area (Å²) in [5.41, 5.74) is 1.44. The van der Waals surface area contributed by atoms with Crippen molar-refractivity contribution in [3.63, 3.8) is 0 Å². The summed E-state index contributed by atoms with van der Waals surface area (Å²) >= 11 is 18.5. The minimum Gasteiger partial charge on any atom is -0.479 e. The van der Waals surface area contributed by atoms with E-state index in [4.69, 9.17) is 39.5 Å². The fourth-order valence-electron chi connectivity index (χ4n) is 3.57. The average Bonchev–Trinajstić information content (AvgIpc) is 2.75. The number of halogens is 3. The molecule has 0 aromatic heterocycles. The van der Waals surface area contributed by atoms with Gasteiger partial charge < -0.3 is 19.9 Å². The van der Waals surface area contributed by atoms with Crippen LogP contribution >= 0.6 is 34.8 Å². The van der Waals surface area contributed by atoms with Crippen molar-refractivity contribution >= 4 is 58.0 Å². The molecule has 33 heavy (non-hydrogen) atoms. The molecule has 0 bridgehead atoms. The third kappa shape index (κ3) is 6.92. The molecular formula is C24H28Cl3N3O3. The van der Waals surface area contributed by atoms with Gasteiger partial charge in [-0.2, -0.15) is 0 Å². The molecule has 2 amide bonds. The number of carbonyl (C=O) groups excluding carboxylic acids is 2. The number of hydrogen-bond donors (Lipinski definition) is 1. The molecule has 2 aromatic rings. The average molecular weight is 513 g/mol. The van der Waals surface area contributed by atoms with Crippen LogP contribution in [0.2, 0.25) is 15.1 Å². The molecule has 1 heterocycles. The Kier molecular flexibility index (Phi) is 8.74. The molecule has 0 aliphatic carbocycles. The molecule has 178 valence electrons. The van der Waals surface area contributed by atoms with E-state index in [1.807, 2.05) is 24.8 Å². The first-order valence-electron chi connectivity index (χ1n) is 10.9. The summed E-state index contributed by atoms with van der Waals surface area (Å²) < 4.78 is 5.66. The Hall–Kier alpha value is -2.15. The lowest BCUT2D eigenvalue weighted by atomic mass is 10.1. The van der Waals surface area contributed by atoms with Crippen molar-refractivity contribution < 1.29 is 14.3 Å². The number of hydrogen-bond acceptors (Lipinski definition) is 4. The summed E-state index contributed by atoms with van der Waals surface area (Å²) in [6, 6.07) is 10.2. The van der Waals surface area contributed by atoms with Gasteiger partial charge in [0.15, 0.2) is 6.10 Å². The number of nitrogens with zero attached hydrogens (tertiary/aromatic N) is 2. The van der Waals surface area contributed by atoms with Crippen molar-refractivity contribution in [1.82, 2.24) is 4.90 Å². The maximum Gasteiger partial charge on any atom is 0.265 e. The largest absolute Gasteiger partial charge is 0.479 e. The zero-order valence-electron chi connectivity index (χ0n) is 18.9. The van der Waals surface area contributed by atoms with Crippen LogP contribution in [0, 0.1) is 5.92 Å². The molecule has 1 aliphatic heterocycles. The van der Waals surface area contributed by atoms with E-state index < -0.39 is 6.10 Å². The van der Waals surface area contributed by atoms with Gasteiger partial charge in [0.2, 0.25) is 5.91 Å². The van der Waals surface area contributed by atoms with E-state index >= 15 is 0 Å². The van der Waals surface area contributed by atoms with Crippen molar-refractivity contribution in [2.24, 2.45) is 5.92 Å². The van der Waals surface area contributed by atoms with Gasteiger partial charge in [-0.3, -0.25) is 9.59 Å². The lowest BCUT2D eigenvalue weighted by Crippen LogP contribution is -2.49. The van der Waals surface area contributed by atoms with Gasteiger partial charge in [-0.1, -0.05) is 48.7 Å². The Morgan fingerprint density at radius 3 is 2.27 bits per heavy atom. The highest BCUT2D eigenvalue weighted by Crippen LogP contribution is 2.31. The highest BCUT2D eigenvalue weighted by atomic mass is 35.5. The SMILES string of the molecule is CC(C)CC(=O)N1CCN(c2ccc(NC(=O)C(C)Oc3ccc(Cl)cc3Cl)cc2Cl)CC1.